The number of ether oxygens (including phenoxy) is 1. The van der Waals surface area contributed by atoms with Gasteiger partial charge in [0.1, 0.15) is 5.75 Å². The molecular weight excluding hydrogens is 281 g/mol. The molecule has 6 heteroatoms. The SMILES string of the molecule is Nc1cccc(OCCCN2CCCC(C(F)(F)F)C2)c1. The van der Waals surface area contributed by atoms with Crippen molar-refractivity contribution in [1.82, 2.24) is 4.90 Å². The van der Waals surface area contributed by atoms with Gasteiger partial charge in [0.2, 0.25) is 0 Å². The summed E-state index contributed by atoms with van der Waals surface area (Å²) in [5.41, 5.74) is 6.28. The second kappa shape index (κ2) is 7.02. The molecule has 2 rings (SSSR count). The Morgan fingerprint density at radius 1 is 1.33 bits per heavy atom. The summed E-state index contributed by atoms with van der Waals surface area (Å²) in [4.78, 5) is 1.88. The Hall–Kier alpha value is -1.43. The van der Waals surface area contributed by atoms with E-state index in [-0.39, 0.29) is 13.0 Å². The van der Waals surface area contributed by atoms with E-state index in [1.165, 1.54) is 0 Å². The van der Waals surface area contributed by atoms with Crippen molar-refractivity contribution in [2.75, 3.05) is 32.0 Å². The number of halogens is 3. The van der Waals surface area contributed by atoms with Gasteiger partial charge in [-0.3, -0.25) is 0 Å². The maximum atomic E-state index is 12.7. The van der Waals surface area contributed by atoms with Crippen molar-refractivity contribution in [3.8, 4) is 5.75 Å². The van der Waals surface area contributed by atoms with Crippen molar-refractivity contribution >= 4 is 5.69 Å². The second-order valence-corrected chi connectivity index (χ2v) is 5.46. The quantitative estimate of drug-likeness (QED) is 0.670. The summed E-state index contributed by atoms with van der Waals surface area (Å²) >= 11 is 0. The van der Waals surface area contributed by atoms with Crippen LogP contribution in [0.3, 0.4) is 0 Å². The van der Waals surface area contributed by atoms with E-state index in [2.05, 4.69) is 0 Å². The molecule has 1 aliphatic rings. The minimum Gasteiger partial charge on any atom is -0.493 e. The van der Waals surface area contributed by atoms with Crippen LogP contribution in [-0.2, 0) is 0 Å². The van der Waals surface area contributed by atoms with Crippen LogP contribution in [0.15, 0.2) is 24.3 Å². The Kier molecular flexibility index (Phi) is 5.33. The van der Waals surface area contributed by atoms with Crippen molar-refractivity contribution in [2.45, 2.75) is 25.4 Å². The molecule has 0 aromatic heterocycles. The largest absolute Gasteiger partial charge is 0.493 e. The van der Waals surface area contributed by atoms with Gasteiger partial charge in [-0.2, -0.15) is 13.2 Å². The molecule has 0 bridgehead atoms. The van der Waals surface area contributed by atoms with Gasteiger partial charge in [0.05, 0.1) is 12.5 Å². The van der Waals surface area contributed by atoms with E-state index in [1.807, 2.05) is 17.0 Å². The van der Waals surface area contributed by atoms with Crippen LogP contribution < -0.4 is 10.5 Å². The molecule has 1 fully saturated rings. The average Bonchev–Trinajstić information content (AvgIpc) is 2.43. The van der Waals surface area contributed by atoms with Crippen LogP contribution in [0.5, 0.6) is 5.75 Å². The summed E-state index contributed by atoms with van der Waals surface area (Å²) < 4.78 is 43.6. The van der Waals surface area contributed by atoms with Crippen molar-refractivity contribution in [1.29, 1.82) is 0 Å². The molecule has 1 unspecified atom stereocenters. The number of nitrogen functional groups attached to an aromatic ring is 1. The Balaban J connectivity index is 1.69. The van der Waals surface area contributed by atoms with Crippen LogP contribution in [0.2, 0.25) is 0 Å². The first kappa shape index (κ1) is 15.9. The van der Waals surface area contributed by atoms with Crippen molar-refractivity contribution < 1.29 is 17.9 Å². The van der Waals surface area contributed by atoms with Crippen LogP contribution in [-0.4, -0.2) is 37.3 Å². The molecule has 2 N–H and O–H groups in total. The maximum Gasteiger partial charge on any atom is 0.393 e. The van der Waals surface area contributed by atoms with Crippen molar-refractivity contribution in [3.05, 3.63) is 24.3 Å². The lowest BCUT2D eigenvalue weighted by atomic mass is 9.97. The monoisotopic (exact) mass is 302 g/mol. The number of hydrogen-bond donors (Lipinski definition) is 1. The number of nitrogens with zero attached hydrogens (tertiary/aromatic N) is 1. The lowest BCUT2D eigenvalue weighted by molar-refractivity contribution is -0.186. The fourth-order valence-electron chi connectivity index (χ4n) is 2.61. The smallest absolute Gasteiger partial charge is 0.393 e. The molecule has 1 aromatic rings. The van der Waals surface area contributed by atoms with Gasteiger partial charge in [0.15, 0.2) is 0 Å². The maximum absolute atomic E-state index is 12.7. The Morgan fingerprint density at radius 2 is 2.14 bits per heavy atom. The zero-order valence-corrected chi connectivity index (χ0v) is 11.9. The number of rotatable bonds is 5. The standard InChI is InChI=1S/C15H21F3N2O/c16-15(17,18)12-4-2-7-20(11-12)8-3-9-21-14-6-1-5-13(19)10-14/h1,5-6,10,12H,2-4,7-9,11,19H2. The van der Waals surface area contributed by atoms with Crippen LogP contribution in [0.25, 0.3) is 0 Å². The van der Waals surface area contributed by atoms with Gasteiger partial charge in [-0.1, -0.05) is 6.07 Å². The molecule has 1 heterocycles. The summed E-state index contributed by atoms with van der Waals surface area (Å²) in [5.74, 6) is -0.483. The minimum atomic E-state index is -4.07. The summed E-state index contributed by atoms with van der Waals surface area (Å²) in [6.45, 7) is 1.97. The van der Waals surface area contributed by atoms with Gasteiger partial charge in [0.25, 0.3) is 0 Å². The molecule has 0 spiro atoms. The number of hydrogen-bond acceptors (Lipinski definition) is 3. The number of anilines is 1. The number of piperidine rings is 1. The van der Waals surface area contributed by atoms with Gasteiger partial charge in [-0.25, -0.2) is 0 Å². The lowest BCUT2D eigenvalue weighted by Crippen LogP contribution is -2.42. The summed E-state index contributed by atoms with van der Waals surface area (Å²) in [6.07, 6.45) is -2.50. The molecule has 0 radical (unpaired) electrons. The van der Waals surface area contributed by atoms with E-state index < -0.39 is 12.1 Å². The Morgan fingerprint density at radius 3 is 2.86 bits per heavy atom. The third-order valence-electron chi connectivity index (χ3n) is 3.71. The van der Waals surface area contributed by atoms with Crippen molar-refractivity contribution in [3.63, 3.8) is 0 Å². The molecule has 118 valence electrons. The van der Waals surface area contributed by atoms with Gasteiger partial charge in [-0.15, -0.1) is 0 Å². The number of nitrogens with two attached hydrogens (primary N) is 1. The van der Waals surface area contributed by atoms with Crippen LogP contribution >= 0.6 is 0 Å². The van der Waals surface area contributed by atoms with Gasteiger partial charge in [-0.05, 0) is 37.9 Å². The summed E-state index contributed by atoms with van der Waals surface area (Å²) in [5, 5.41) is 0. The third kappa shape index (κ3) is 5.12. The molecule has 0 amide bonds. The van der Waals surface area contributed by atoms with E-state index in [0.29, 0.717) is 37.4 Å². The second-order valence-electron chi connectivity index (χ2n) is 5.46. The molecule has 21 heavy (non-hydrogen) atoms. The Labute approximate surface area is 122 Å². The van der Waals surface area contributed by atoms with Crippen LogP contribution in [0.4, 0.5) is 18.9 Å². The predicted molar refractivity (Wildman–Crippen MR) is 76.2 cm³/mol. The number of benzene rings is 1. The zero-order valence-electron chi connectivity index (χ0n) is 11.9. The highest BCUT2D eigenvalue weighted by atomic mass is 19.4. The highest BCUT2D eigenvalue weighted by molar-refractivity contribution is 5.43. The summed E-state index contributed by atoms with van der Waals surface area (Å²) in [6, 6.07) is 7.14. The lowest BCUT2D eigenvalue weighted by Gasteiger charge is -2.33. The first-order valence-corrected chi connectivity index (χ1v) is 7.22. The van der Waals surface area contributed by atoms with E-state index in [1.54, 1.807) is 12.1 Å². The molecular formula is C15H21F3N2O. The van der Waals surface area contributed by atoms with Gasteiger partial charge >= 0.3 is 6.18 Å². The number of alkyl halides is 3. The predicted octanol–water partition coefficient (Wildman–Crippen LogP) is 3.31. The zero-order chi connectivity index (χ0) is 15.3. The molecule has 1 aliphatic heterocycles. The first-order chi connectivity index (χ1) is 9.95. The summed E-state index contributed by atoms with van der Waals surface area (Å²) in [7, 11) is 0. The molecule has 0 saturated carbocycles. The number of likely N-dealkylation sites (tertiary alicyclic amines) is 1. The first-order valence-electron chi connectivity index (χ1n) is 7.22. The fraction of sp³-hybridized carbons (Fsp3) is 0.600. The van der Waals surface area contributed by atoms with E-state index in [0.717, 1.165) is 6.54 Å². The van der Waals surface area contributed by atoms with Gasteiger partial charge < -0.3 is 15.4 Å². The minimum absolute atomic E-state index is 0.113. The topological polar surface area (TPSA) is 38.5 Å². The molecule has 0 aliphatic carbocycles. The molecule has 1 saturated heterocycles. The molecule has 3 nitrogen and oxygen atoms in total. The van der Waals surface area contributed by atoms with E-state index in [4.69, 9.17) is 10.5 Å². The third-order valence-corrected chi connectivity index (χ3v) is 3.71. The van der Waals surface area contributed by atoms with E-state index >= 15 is 0 Å². The highest BCUT2D eigenvalue weighted by Gasteiger charge is 2.41. The Bertz CT molecular complexity index is 451. The van der Waals surface area contributed by atoms with Crippen molar-refractivity contribution in [2.24, 2.45) is 5.92 Å². The van der Waals surface area contributed by atoms with Gasteiger partial charge in [0, 0.05) is 24.8 Å². The van der Waals surface area contributed by atoms with E-state index in [9.17, 15) is 13.2 Å². The molecule has 1 aromatic carbocycles. The van der Waals surface area contributed by atoms with Crippen LogP contribution in [0, 0.1) is 5.92 Å². The molecule has 1 atom stereocenters. The van der Waals surface area contributed by atoms with Crippen LogP contribution in [0.1, 0.15) is 19.3 Å². The normalized spacial score (nSPS) is 20.4. The average molecular weight is 302 g/mol. The highest BCUT2D eigenvalue weighted by Crippen LogP contribution is 2.33. The fourth-order valence-corrected chi connectivity index (χ4v) is 2.61.